The van der Waals surface area contributed by atoms with Crippen molar-refractivity contribution in [2.75, 3.05) is 7.05 Å². The van der Waals surface area contributed by atoms with E-state index in [0.717, 1.165) is 0 Å². The van der Waals surface area contributed by atoms with Crippen LogP contribution < -0.4 is 0 Å². The number of carboxylic acid groups (broad SMARTS) is 1. The van der Waals surface area contributed by atoms with E-state index in [2.05, 4.69) is 0 Å². The fraction of sp³-hybridized carbons (Fsp3) is 0.467. The zero-order valence-electron chi connectivity index (χ0n) is 12.7. The number of benzene rings is 1. The fourth-order valence-electron chi connectivity index (χ4n) is 1.75. The molecule has 1 amide bonds. The van der Waals surface area contributed by atoms with Crippen molar-refractivity contribution in [1.82, 2.24) is 4.90 Å². The van der Waals surface area contributed by atoms with E-state index < -0.39 is 17.7 Å². The summed E-state index contributed by atoms with van der Waals surface area (Å²) in [7, 11) is 1.56. The first-order chi connectivity index (χ1) is 9.58. The van der Waals surface area contributed by atoms with E-state index in [4.69, 9.17) is 9.84 Å². The van der Waals surface area contributed by atoms with E-state index in [1.807, 2.05) is 0 Å². The maximum absolute atomic E-state index is 11.9. The highest BCUT2D eigenvalue weighted by Crippen LogP contribution is 2.20. The summed E-state index contributed by atoms with van der Waals surface area (Å²) in [6.45, 7) is 5.46. The number of ether oxygens (including phenoxy) is 1. The largest absolute Gasteiger partial charge is 0.508 e. The topological polar surface area (TPSA) is 87.1 Å². The molecule has 0 heterocycles. The SMILES string of the molecule is CN(Cc1cc(O)ccc1CC(=O)O)C(=O)OC(C)(C)C. The van der Waals surface area contributed by atoms with Crippen LogP contribution >= 0.6 is 0 Å². The standard InChI is InChI=1S/C15H21NO5/c1-15(2,3)21-14(20)16(4)9-11-7-12(17)6-5-10(11)8-13(18)19/h5-7,17H,8-9H2,1-4H3,(H,18,19). The maximum Gasteiger partial charge on any atom is 0.410 e. The molecule has 6 heteroatoms. The van der Waals surface area contributed by atoms with Crippen molar-refractivity contribution in [3.8, 4) is 5.75 Å². The average Bonchev–Trinajstić information content (AvgIpc) is 2.30. The monoisotopic (exact) mass is 295 g/mol. The van der Waals surface area contributed by atoms with E-state index in [9.17, 15) is 14.7 Å². The van der Waals surface area contributed by atoms with Gasteiger partial charge in [0, 0.05) is 13.6 Å². The Balaban J connectivity index is 2.88. The van der Waals surface area contributed by atoms with Crippen LogP contribution in [0.25, 0.3) is 0 Å². The first-order valence-electron chi connectivity index (χ1n) is 6.55. The van der Waals surface area contributed by atoms with Gasteiger partial charge in [-0.25, -0.2) is 4.79 Å². The smallest absolute Gasteiger partial charge is 0.410 e. The lowest BCUT2D eigenvalue weighted by Gasteiger charge is -2.25. The van der Waals surface area contributed by atoms with E-state index in [1.165, 1.54) is 17.0 Å². The molecule has 0 aliphatic carbocycles. The van der Waals surface area contributed by atoms with Crippen molar-refractivity contribution >= 4 is 12.1 Å². The van der Waals surface area contributed by atoms with Crippen LogP contribution in [-0.2, 0) is 22.5 Å². The summed E-state index contributed by atoms with van der Waals surface area (Å²) >= 11 is 0. The van der Waals surface area contributed by atoms with Crippen LogP contribution in [0.15, 0.2) is 18.2 Å². The predicted molar refractivity (Wildman–Crippen MR) is 77.1 cm³/mol. The highest BCUT2D eigenvalue weighted by molar-refractivity contribution is 5.71. The minimum Gasteiger partial charge on any atom is -0.508 e. The number of rotatable bonds is 4. The van der Waals surface area contributed by atoms with Crippen molar-refractivity contribution in [2.24, 2.45) is 0 Å². The maximum atomic E-state index is 11.9. The lowest BCUT2D eigenvalue weighted by atomic mass is 10.0. The first-order valence-corrected chi connectivity index (χ1v) is 6.55. The molecule has 116 valence electrons. The number of hydrogen-bond acceptors (Lipinski definition) is 4. The van der Waals surface area contributed by atoms with Gasteiger partial charge in [0.15, 0.2) is 0 Å². The molecule has 1 aromatic rings. The molecule has 6 nitrogen and oxygen atoms in total. The van der Waals surface area contributed by atoms with Crippen LogP contribution in [0.5, 0.6) is 5.75 Å². The second kappa shape index (κ2) is 6.47. The molecule has 2 N–H and O–H groups in total. The molecule has 1 aromatic carbocycles. The summed E-state index contributed by atoms with van der Waals surface area (Å²) in [6, 6.07) is 4.43. The Morgan fingerprint density at radius 1 is 1.24 bits per heavy atom. The van der Waals surface area contributed by atoms with Crippen LogP contribution in [0.3, 0.4) is 0 Å². The molecule has 0 fully saturated rings. The van der Waals surface area contributed by atoms with E-state index >= 15 is 0 Å². The molecule has 0 unspecified atom stereocenters. The number of carbonyl (C=O) groups is 2. The van der Waals surface area contributed by atoms with Gasteiger partial charge in [-0.1, -0.05) is 6.07 Å². The molecule has 0 aliphatic rings. The number of aliphatic carboxylic acids is 1. The number of carboxylic acids is 1. The average molecular weight is 295 g/mol. The summed E-state index contributed by atoms with van der Waals surface area (Å²) < 4.78 is 5.23. The van der Waals surface area contributed by atoms with Crippen molar-refractivity contribution in [2.45, 2.75) is 39.3 Å². The van der Waals surface area contributed by atoms with Crippen LogP contribution in [0.1, 0.15) is 31.9 Å². The molecule has 0 saturated carbocycles. The molecule has 0 saturated heterocycles. The number of amides is 1. The summed E-state index contributed by atoms with van der Waals surface area (Å²) in [5.41, 5.74) is 0.523. The highest BCUT2D eigenvalue weighted by atomic mass is 16.6. The zero-order chi connectivity index (χ0) is 16.2. The number of phenolic OH excluding ortho intramolecular Hbond substituents is 1. The van der Waals surface area contributed by atoms with Gasteiger partial charge in [-0.2, -0.15) is 0 Å². The molecular weight excluding hydrogens is 274 g/mol. The highest BCUT2D eigenvalue weighted by Gasteiger charge is 2.20. The van der Waals surface area contributed by atoms with Crippen LogP contribution in [-0.4, -0.2) is 39.8 Å². The van der Waals surface area contributed by atoms with Crippen molar-refractivity contribution in [3.63, 3.8) is 0 Å². The molecule has 0 spiro atoms. The molecule has 0 bridgehead atoms. The Kier molecular flexibility index (Phi) is 5.18. The van der Waals surface area contributed by atoms with E-state index in [-0.39, 0.29) is 18.7 Å². The first kappa shape index (κ1) is 16.8. The van der Waals surface area contributed by atoms with Gasteiger partial charge < -0.3 is 19.8 Å². The fourth-order valence-corrected chi connectivity index (χ4v) is 1.75. The number of carbonyl (C=O) groups excluding carboxylic acids is 1. The third-order valence-electron chi connectivity index (χ3n) is 2.64. The Morgan fingerprint density at radius 3 is 2.38 bits per heavy atom. The second-order valence-electron chi connectivity index (χ2n) is 5.86. The lowest BCUT2D eigenvalue weighted by molar-refractivity contribution is -0.136. The summed E-state index contributed by atoms with van der Waals surface area (Å²) in [5.74, 6) is -0.946. The van der Waals surface area contributed by atoms with Gasteiger partial charge in [-0.3, -0.25) is 4.79 Å². The minimum atomic E-state index is -0.970. The summed E-state index contributed by atoms with van der Waals surface area (Å²) in [4.78, 5) is 24.1. The lowest BCUT2D eigenvalue weighted by Crippen LogP contribution is -2.34. The van der Waals surface area contributed by atoms with Crippen LogP contribution in [0.4, 0.5) is 4.79 Å². The zero-order valence-corrected chi connectivity index (χ0v) is 12.7. The molecule has 0 radical (unpaired) electrons. The van der Waals surface area contributed by atoms with Gasteiger partial charge in [0.25, 0.3) is 0 Å². The van der Waals surface area contributed by atoms with Gasteiger partial charge in [-0.05, 0) is 44.0 Å². The Morgan fingerprint density at radius 2 is 1.86 bits per heavy atom. The second-order valence-corrected chi connectivity index (χ2v) is 5.86. The Labute approximate surface area is 124 Å². The van der Waals surface area contributed by atoms with Crippen molar-refractivity contribution < 1.29 is 24.5 Å². The third kappa shape index (κ3) is 5.72. The van der Waals surface area contributed by atoms with Crippen molar-refractivity contribution in [3.05, 3.63) is 29.3 Å². The summed E-state index contributed by atoms with van der Waals surface area (Å²) in [6.07, 6.45) is -0.676. The molecular formula is C15H21NO5. The molecule has 0 atom stereocenters. The molecule has 21 heavy (non-hydrogen) atoms. The minimum absolute atomic E-state index is 0.0247. The van der Waals surface area contributed by atoms with Crippen LogP contribution in [0, 0.1) is 0 Å². The van der Waals surface area contributed by atoms with E-state index in [0.29, 0.717) is 11.1 Å². The predicted octanol–water partition coefficient (Wildman–Crippen LogP) is 2.39. The van der Waals surface area contributed by atoms with Gasteiger partial charge in [0.1, 0.15) is 11.4 Å². The number of nitrogens with zero attached hydrogens (tertiary/aromatic N) is 1. The van der Waals surface area contributed by atoms with Gasteiger partial charge in [-0.15, -0.1) is 0 Å². The van der Waals surface area contributed by atoms with Gasteiger partial charge in [0.2, 0.25) is 0 Å². The third-order valence-corrected chi connectivity index (χ3v) is 2.64. The Bertz CT molecular complexity index is 533. The normalized spacial score (nSPS) is 11.0. The van der Waals surface area contributed by atoms with Crippen LogP contribution in [0.2, 0.25) is 0 Å². The van der Waals surface area contributed by atoms with Gasteiger partial charge in [0.05, 0.1) is 6.42 Å². The number of phenols is 1. The molecule has 0 aromatic heterocycles. The van der Waals surface area contributed by atoms with E-state index in [1.54, 1.807) is 33.9 Å². The quantitative estimate of drug-likeness (QED) is 0.890. The van der Waals surface area contributed by atoms with Crippen molar-refractivity contribution in [1.29, 1.82) is 0 Å². The van der Waals surface area contributed by atoms with Gasteiger partial charge >= 0.3 is 12.1 Å². The summed E-state index contributed by atoms with van der Waals surface area (Å²) in [5, 5.41) is 18.4. The number of hydrogen-bond donors (Lipinski definition) is 2. The molecule has 0 aliphatic heterocycles. The Hall–Kier alpha value is -2.24. The number of aromatic hydroxyl groups is 1. The molecule has 1 rings (SSSR count).